The van der Waals surface area contributed by atoms with Crippen LogP contribution in [-0.4, -0.2) is 38.8 Å². The van der Waals surface area contributed by atoms with Crippen LogP contribution in [0.2, 0.25) is 0 Å². The summed E-state index contributed by atoms with van der Waals surface area (Å²) >= 11 is 1.33. The molecular formula is C19H21N5O2S. The van der Waals surface area contributed by atoms with Gasteiger partial charge in [0.2, 0.25) is 11.1 Å². The van der Waals surface area contributed by atoms with Crippen molar-refractivity contribution >= 4 is 17.7 Å². The molecule has 1 saturated heterocycles. The van der Waals surface area contributed by atoms with Gasteiger partial charge in [0.05, 0.1) is 11.8 Å². The fourth-order valence-corrected chi connectivity index (χ4v) is 4.30. The molecule has 2 N–H and O–H groups in total. The van der Waals surface area contributed by atoms with Crippen LogP contribution >= 0.6 is 11.8 Å². The Hall–Kier alpha value is -2.74. The summed E-state index contributed by atoms with van der Waals surface area (Å²) in [6.45, 7) is 3.45. The molecule has 1 amide bonds. The standard InChI is InChI=1S/C19H21N5O2S/c1-13-15(9-12-26-13)17-21-22-19(24(17)20)27-16(14-7-3-2-4-8-14)18(25)23-10-5-6-11-23/h2-4,7-9,12,16H,5-6,10-11,20H2,1H3. The Morgan fingerprint density at radius 1 is 1.19 bits per heavy atom. The van der Waals surface area contributed by atoms with E-state index in [-0.39, 0.29) is 5.91 Å². The zero-order valence-electron chi connectivity index (χ0n) is 15.0. The number of thioether (sulfide) groups is 1. The second kappa shape index (κ2) is 7.48. The van der Waals surface area contributed by atoms with Gasteiger partial charge in [0, 0.05) is 13.1 Å². The van der Waals surface area contributed by atoms with Crippen molar-refractivity contribution < 1.29 is 9.21 Å². The molecule has 1 fully saturated rings. The van der Waals surface area contributed by atoms with E-state index >= 15 is 0 Å². The predicted molar refractivity (Wildman–Crippen MR) is 103 cm³/mol. The lowest BCUT2D eigenvalue weighted by Gasteiger charge is -2.22. The highest BCUT2D eigenvalue weighted by Gasteiger charge is 2.30. The topological polar surface area (TPSA) is 90.2 Å². The minimum atomic E-state index is -0.408. The average molecular weight is 383 g/mol. The highest BCUT2D eigenvalue weighted by molar-refractivity contribution is 8.00. The van der Waals surface area contributed by atoms with E-state index in [1.165, 1.54) is 16.4 Å². The summed E-state index contributed by atoms with van der Waals surface area (Å²) in [6.07, 6.45) is 3.69. The number of nitrogens with two attached hydrogens (primary N) is 1. The van der Waals surface area contributed by atoms with Crippen molar-refractivity contribution in [3.8, 4) is 11.4 Å². The summed E-state index contributed by atoms with van der Waals surface area (Å²) in [5, 5.41) is 8.51. The Labute approximate surface area is 161 Å². The minimum Gasteiger partial charge on any atom is -0.469 e. The monoisotopic (exact) mass is 383 g/mol. The minimum absolute atomic E-state index is 0.0905. The number of aromatic nitrogens is 3. The normalized spacial score (nSPS) is 15.2. The molecule has 0 bridgehead atoms. The Morgan fingerprint density at radius 2 is 1.93 bits per heavy atom. The highest BCUT2D eigenvalue weighted by atomic mass is 32.2. The maximum Gasteiger partial charge on any atom is 0.240 e. The number of hydrogen-bond acceptors (Lipinski definition) is 6. The molecule has 1 unspecified atom stereocenters. The molecule has 0 saturated carbocycles. The van der Waals surface area contributed by atoms with Crippen molar-refractivity contribution in [2.45, 2.75) is 30.2 Å². The van der Waals surface area contributed by atoms with Gasteiger partial charge in [0.15, 0.2) is 5.82 Å². The Morgan fingerprint density at radius 3 is 2.59 bits per heavy atom. The van der Waals surface area contributed by atoms with Crippen molar-refractivity contribution in [2.24, 2.45) is 0 Å². The quantitative estimate of drug-likeness (QED) is 0.538. The number of hydrogen-bond donors (Lipinski definition) is 1. The van der Waals surface area contributed by atoms with Crippen molar-refractivity contribution in [3.05, 3.63) is 54.0 Å². The molecule has 2 aromatic heterocycles. The van der Waals surface area contributed by atoms with Crippen molar-refractivity contribution in [2.75, 3.05) is 18.9 Å². The van der Waals surface area contributed by atoms with Crippen molar-refractivity contribution in [1.82, 2.24) is 19.8 Å². The summed E-state index contributed by atoms with van der Waals surface area (Å²) in [5.74, 6) is 7.58. The van der Waals surface area contributed by atoms with Gasteiger partial charge in [-0.1, -0.05) is 42.1 Å². The molecule has 1 aliphatic heterocycles. The average Bonchev–Trinajstić information content (AvgIpc) is 3.42. The first kappa shape index (κ1) is 17.7. The number of carbonyl (C=O) groups excluding carboxylic acids is 1. The molecule has 1 aromatic carbocycles. The van der Waals surface area contributed by atoms with Crippen LogP contribution in [0.1, 0.15) is 29.4 Å². The zero-order valence-corrected chi connectivity index (χ0v) is 15.9. The number of likely N-dealkylation sites (tertiary alicyclic amines) is 1. The third-order valence-corrected chi connectivity index (χ3v) is 5.93. The molecule has 3 heterocycles. The highest BCUT2D eigenvalue weighted by Crippen LogP contribution is 2.37. The van der Waals surface area contributed by atoms with E-state index < -0.39 is 5.25 Å². The molecule has 3 aromatic rings. The molecule has 140 valence electrons. The lowest BCUT2D eigenvalue weighted by molar-refractivity contribution is -0.129. The van der Waals surface area contributed by atoms with Crippen LogP contribution in [0.15, 0.2) is 52.2 Å². The number of carbonyl (C=O) groups is 1. The van der Waals surface area contributed by atoms with Crippen LogP contribution in [0.4, 0.5) is 0 Å². The van der Waals surface area contributed by atoms with Gasteiger partial charge in [0.25, 0.3) is 0 Å². The van der Waals surface area contributed by atoms with Gasteiger partial charge in [-0.25, -0.2) is 4.68 Å². The van der Waals surface area contributed by atoms with Crippen LogP contribution in [0.25, 0.3) is 11.4 Å². The third-order valence-electron chi connectivity index (χ3n) is 4.73. The molecule has 4 rings (SSSR count). The largest absolute Gasteiger partial charge is 0.469 e. The first-order chi connectivity index (χ1) is 13.1. The molecule has 0 spiro atoms. The van der Waals surface area contributed by atoms with E-state index in [9.17, 15) is 4.79 Å². The number of amides is 1. The summed E-state index contributed by atoms with van der Waals surface area (Å²) in [5.41, 5.74) is 1.72. The maximum atomic E-state index is 13.1. The van der Waals surface area contributed by atoms with Gasteiger partial charge in [-0.2, -0.15) is 0 Å². The molecule has 1 atom stereocenters. The third kappa shape index (κ3) is 3.44. The van der Waals surface area contributed by atoms with Gasteiger partial charge >= 0.3 is 0 Å². The Balaban J connectivity index is 1.65. The number of aryl methyl sites for hydroxylation is 1. The Kier molecular flexibility index (Phi) is 4.89. The molecular weight excluding hydrogens is 362 g/mol. The predicted octanol–water partition coefficient (Wildman–Crippen LogP) is 3.02. The van der Waals surface area contributed by atoms with E-state index in [0.717, 1.165) is 42.8 Å². The summed E-state index contributed by atoms with van der Waals surface area (Å²) in [7, 11) is 0. The first-order valence-corrected chi connectivity index (χ1v) is 9.78. The number of benzene rings is 1. The lowest BCUT2D eigenvalue weighted by atomic mass is 10.1. The summed E-state index contributed by atoms with van der Waals surface area (Å²) in [4.78, 5) is 15.1. The van der Waals surface area contributed by atoms with E-state index in [1.807, 2.05) is 42.2 Å². The van der Waals surface area contributed by atoms with Crippen LogP contribution in [0.3, 0.4) is 0 Å². The van der Waals surface area contributed by atoms with Gasteiger partial charge in [-0.05, 0) is 31.4 Å². The van der Waals surface area contributed by atoms with Gasteiger partial charge in [-0.3, -0.25) is 4.79 Å². The number of nitrogen functional groups attached to an aromatic ring is 1. The Bertz CT molecular complexity index is 931. The zero-order chi connectivity index (χ0) is 18.8. The van der Waals surface area contributed by atoms with E-state index in [2.05, 4.69) is 10.2 Å². The maximum absolute atomic E-state index is 13.1. The van der Waals surface area contributed by atoms with Crippen LogP contribution in [0.5, 0.6) is 0 Å². The van der Waals surface area contributed by atoms with Gasteiger partial charge in [0.1, 0.15) is 11.0 Å². The fraction of sp³-hybridized carbons (Fsp3) is 0.316. The summed E-state index contributed by atoms with van der Waals surface area (Å²) in [6, 6.07) is 11.5. The molecule has 0 radical (unpaired) electrons. The van der Waals surface area contributed by atoms with Crippen LogP contribution < -0.4 is 5.84 Å². The van der Waals surface area contributed by atoms with Gasteiger partial charge in [-0.15, -0.1) is 10.2 Å². The molecule has 0 aliphatic carbocycles. The number of furan rings is 1. The molecule has 27 heavy (non-hydrogen) atoms. The number of rotatable bonds is 5. The molecule has 8 heteroatoms. The smallest absolute Gasteiger partial charge is 0.240 e. The van der Waals surface area contributed by atoms with Crippen LogP contribution in [-0.2, 0) is 4.79 Å². The van der Waals surface area contributed by atoms with Crippen LogP contribution in [0, 0.1) is 6.92 Å². The van der Waals surface area contributed by atoms with E-state index in [0.29, 0.717) is 11.0 Å². The summed E-state index contributed by atoms with van der Waals surface area (Å²) < 4.78 is 6.76. The fourth-order valence-electron chi connectivity index (χ4n) is 3.26. The SMILES string of the molecule is Cc1occc1-c1nnc(SC(C(=O)N2CCCC2)c2ccccc2)n1N. The molecule has 1 aliphatic rings. The van der Waals surface area contributed by atoms with Crippen molar-refractivity contribution in [3.63, 3.8) is 0 Å². The van der Waals surface area contributed by atoms with E-state index in [1.54, 1.807) is 12.3 Å². The second-order valence-corrected chi connectivity index (χ2v) is 7.58. The molecule has 7 nitrogen and oxygen atoms in total. The first-order valence-electron chi connectivity index (χ1n) is 8.90. The van der Waals surface area contributed by atoms with Gasteiger partial charge < -0.3 is 15.2 Å². The second-order valence-electron chi connectivity index (χ2n) is 6.51. The lowest BCUT2D eigenvalue weighted by Crippen LogP contribution is -2.31. The van der Waals surface area contributed by atoms with E-state index in [4.69, 9.17) is 10.3 Å². The van der Waals surface area contributed by atoms with Crippen molar-refractivity contribution in [1.29, 1.82) is 0 Å². The number of nitrogens with zero attached hydrogens (tertiary/aromatic N) is 4.